The van der Waals surface area contributed by atoms with E-state index in [9.17, 15) is 39.3 Å². The molecule has 0 spiro atoms. The molecule has 2 amide bonds. The Morgan fingerprint density at radius 2 is 1.63 bits per heavy atom. The Hall–Kier alpha value is -5.10. The molecule has 4 aliphatic rings. The highest BCUT2D eigenvalue weighted by molar-refractivity contribution is 5.95. The van der Waals surface area contributed by atoms with Crippen LogP contribution < -0.4 is 5.32 Å². The summed E-state index contributed by atoms with van der Waals surface area (Å²) in [6, 6.07) is 8.73. The van der Waals surface area contributed by atoms with E-state index < -0.39 is 113 Å². The number of ketones is 1. The Kier molecular flexibility index (Phi) is 12.2. The first-order valence-corrected chi connectivity index (χ1v) is 20.1. The van der Waals surface area contributed by atoms with Gasteiger partial charge in [0, 0.05) is 45.2 Å². The second-order valence-corrected chi connectivity index (χ2v) is 16.7. The van der Waals surface area contributed by atoms with Crippen molar-refractivity contribution in [3.8, 4) is 0 Å². The molecule has 17 heteroatoms. The number of amides is 2. The minimum absolute atomic E-state index is 0.0117. The summed E-state index contributed by atoms with van der Waals surface area (Å²) in [4.78, 5) is 84.3. The van der Waals surface area contributed by atoms with E-state index >= 15 is 4.79 Å². The molecule has 2 aromatic rings. The van der Waals surface area contributed by atoms with Gasteiger partial charge in [0.05, 0.1) is 35.9 Å². The van der Waals surface area contributed by atoms with Gasteiger partial charge in [-0.05, 0) is 63.1 Å². The average molecular weight is 839 g/mol. The van der Waals surface area contributed by atoms with Gasteiger partial charge in [0.1, 0.15) is 35.7 Å². The van der Waals surface area contributed by atoms with Crippen LogP contribution in [0.5, 0.6) is 0 Å². The molecule has 60 heavy (non-hydrogen) atoms. The van der Waals surface area contributed by atoms with Gasteiger partial charge in [-0.25, -0.2) is 14.4 Å². The van der Waals surface area contributed by atoms with Crippen LogP contribution in [-0.4, -0.2) is 123 Å². The zero-order valence-electron chi connectivity index (χ0n) is 35.0. The summed E-state index contributed by atoms with van der Waals surface area (Å²) in [7, 11) is 0. The number of esters is 4. The van der Waals surface area contributed by atoms with Crippen LogP contribution in [0.3, 0.4) is 0 Å². The number of nitrogens with zero attached hydrogens (tertiary/aromatic N) is 1. The van der Waals surface area contributed by atoms with Gasteiger partial charge in [-0.2, -0.15) is 0 Å². The summed E-state index contributed by atoms with van der Waals surface area (Å²) in [5.41, 5.74) is -7.67. The van der Waals surface area contributed by atoms with Crippen molar-refractivity contribution in [1.82, 2.24) is 10.2 Å². The normalized spacial score (nSPS) is 32.6. The third-order valence-electron chi connectivity index (χ3n) is 13.2. The van der Waals surface area contributed by atoms with Gasteiger partial charge < -0.3 is 53.6 Å². The van der Waals surface area contributed by atoms with Gasteiger partial charge in [0.15, 0.2) is 23.6 Å². The van der Waals surface area contributed by atoms with Crippen LogP contribution in [0.2, 0.25) is 0 Å². The van der Waals surface area contributed by atoms with Gasteiger partial charge in [-0.1, -0.05) is 32.0 Å². The minimum Gasteiger partial charge on any atom is -0.467 e. The fourth-order valence-electron chi connectivity index (χ4n) is 9.87. The lowest BCUT2D eigenvalue weighted by molar-refractivity contribution is -0.346. The zero-order chi connectivity index (χ0) is 44.1. The number of nitrogens with one attached hydrogen (secondary N) is 1. The maximum atomic E-state index is 15.4. The number of aliphatic hydroxyl groups excluding tert-OH is 2. The molecule has 17 nitrogen and oxygen atoms in total. The van der Waals surface area contributed by atoms with E-state index in [0.29, 0.717) is 13.1 Å². The van der Waals surface area contributed by atoms with Crippen LogP contribution in [0.1, 0.15) is 90.4 Å². The minimum atomic E-state index is -2.39. The molecule has 2 saturated carbocycles. The number of Topliss-reactive ketones (excluding diaryl/α,β-unsaturated/α-hetero) is 1. The third kappa shape index (κ3) is 7.18. The molecular formula is C43H54N2O15. The molecular weight excluding hydrogens is 784 g/mol. The lowest BCUT2D eigenvalue weighted by Gasteiger charge is -2.67. The maximum absolute atomic E-state index is 15.4. The average Bonchev–Trinajstić information content (AvgIpc) is 3.73. The first-order valence-electron chi connectivity index (χ1n) is 20.1. The van der Waals surface area contributed by atoms with Crippen molar-refractivity contribution in [2.75, 3.05) is 19.7 Å². The first kappa shape index (κ1) is 44.5. The number of furan rings is 1. The quantitative estimate of drug-likeness (QED) is 0.145. The first-order chi connectivity index (χ1) is 28.2. The SMILES string of the molecule is CCN(CC)C(=O)N[C@@H](c1ccco1)[C@@H](O)C(=O)OC1C[C@@]2(O)[C@@H](OC(=O)c3ccccc3)[C@@H]3[C@]4(OC(C)=O)CO[C@@H]4C[C@H](O)[C@@]3(C)C(=O)[C@H](OC(C)=O)C(=C1C)C2(C)C. The smallest absolute Gasteiger partial charge is 0.338 e. The van der Waals surface area contributed by atoms with Crippen LogP contribution in [0, 0.1) is 16.7 Å². The Labute approximate surface area is 347 Å². The monoisotopic (exact) mass is 838 g/mol. The third-order valence-corrected chi connectivity index (χ3v) is 13.2. The van der Waals surface area contributed by atoms with Crippen molar-refractivity contribution in [3.05, 3.63) is 71.2 Å². The molecule has 2 heterocycles. The number of fused-ring (bicyclic) bond motifs is 5. The van der Waals surface area contributed by atoms with Crippen molar-refractivity contribution >= 4 is 35.7 Å². The van der Waals surface area contributed by atoms with Crippen LogP contribution in [0.15, 0.2) is 64.3 Å². The van der Waals surface area contributed by atoms with Gasteiger partial charge in [0.25, 0.3) is 0 Å². The number of rotatable bonds is 11. The molecule has 326 valence electrons. The Bertz CT molecular complexity index is 2030. The maximum Gasteiger partial charge on any atom is 0.338 e. The Balaban J connectivity index is 1.54. The van der Waals surface area contributed by atoms with Crippen LogP contribution in [0.4, 0.5) is 4.79 Å². The Morgan fingerprint density at radius 1 is 0.967 bits per heavy atom. The van der Waals surface area contributed by atoms with Crippen LogP contribution in [0.25, 0.3) is 0 Å². The van der Waals surface area contributed by atoms with E-state index in [1.54, 1.807) is 45.9 Å². The number of hydrogen-bond donors (Lipinski definition) is 4. The van der Waals surface area contributed by atoms with Crippen molar-refractivity contribution in [3.63, 3.8) is 0 Å². The van der Waals surface area contributed by atoms with Crippen molar-refractivity contribution < 1.29 is 72.2 Å². The van der Waals surface area contributed by atoms with Crippen molar-refractivity contribution in [1.29, 1.82) is 0 Å². The Morgan fingerprint density at radius 3 is 2.18 bits per heavy atom. The number of benzene rings is 1. The molecule has 2 bridgehead atoms. The van der Waals surface area contributed by atoms with E-state index in [4.69, 9.17) is 28.1 Å². The number of ether oxygens (including phenoxy) is 5. The second kappa shape index (κ2) is 16.4. The molecule has 1 aromatic heterocycles. The highest BCUT2D eigenvalue weighted by Crippen LogP contribution is 2.64. The molecule has 4 N–H and O–H groups in total. The lowest BCUT2D eigenvalue weighted by atomic mass is 9.44. The molecule has 1 saturated heterocycles. The van der Waals surface area contributed by atoms with Gasteiger partial charge in [0.2, 0.25) is 0 Å². The summed E-state index contributed by atoms with van der Waals surface area (Å²) in [5.74, 6) is -6.28. The fraction of sp³-hybridized carbons (Fsp3) is 0.581. The summed E-state index contributed by atoms with van der Waals surface area (Å²) in [6.07, 6.45) is -9.29. The van der Waals surface area contributed by atoms with E-state index in [1.807, 2.05) is 0 Å². The second-order valence-electron chi connectivity index (χ2n) is 16.7. The van der Waals surface area contributed by atoms with E-state index in [0.717, 1.165) is 13.8 Å². The van der Waals surface area contributed by atoms with E-state index in [2.05, 4.69) is 5.32 Å². The van der Waals surface area contributed by atoms with E-state index in [1.165, 1.54) is 49.3 Å². The van der Waals surface area contributed by atoms with Crippen molar-refractivity contribution in [2.24, 2.45) is 16.7 Å². The molecule has 0 radical (unpaired) electrons. The van der Waals surface area contributed by atoms with Crippen LogP contribution in [-0.2, 0) is 42.9 Å². The standard InChI is InChI=1S/C43H54N2O15/c1-9-45(10-2)39(53)44-31(26-17-14-18-55-26)32(49)38(52)58-27-20-43(54)36(59-37(51)25-15-12-11-13-16-25)34-41(8,28(48)19-29-42(34,21-56-29)60-24(5)47)35(50)33(57-23(4)46)30(22(27)3)40(43,6)7/h11-18,27-29,31-34,36,48-49,54H,9-10,19-21H2,1-8H3,(H,44,53)/t27?,28-,29+,31-,32+,33+,34-,36-,41+,42-,43+/m0/s1. The fourth-order valence-corrected chi connectivity index (χ4v) is 9.87. The number of urea groups is 1. The van der Waals surface area contributed by atoms with Crippen molar-refractivity contribution in [2.45, 2.75) is 122 Å². The van der Waals surface area contributed by atoms with Crippen LogP contribution >= 0.6 is 0 Å². The van der Waals surface area contributed by atoms with Gasteiger partial charge >= 0.3 is 29.9 Å². The molecule has 6 rings (SSSR count). The zero-order valence-corrected chi connectivity index (χ0v) is 35.0. The largest absolute Gasteiger partial charge is 0.467 e. The number of carbonyl (C=O) groups is 6. The molecule has 1 unspecified atom stereocenters. The summed E-state index contributed by atoms with van der Waals surface area (Å²) in [6.45, 7) is 12.1. The predicted molar refractivity (Wildman–Crippen MR) is 208 cm³/mol. The van der Waals surface area contributed by atoms with E-state index in [-0.39, 0.29) is 35.5 Å². The van der Waals surface area contributed by atoms with Gasteiger partial charge in [-0.3, -0.25) is 14.4 Å². The molecule has 1 aromatic carbocycles. The van der Waals surface area contributed by atoms with Gasteiger partial charge in [-0.15, -0.1) is 0 Å². The summed E-state index contributed by atoms with van der Waals surface area (Å²) < 4.78 is 35.6. The molecule has 11 atom stereocenters. The predicted octanol–water partition coefficient (Wildman–Crippen LogP) is 2.95. The summed E-state index contributed by atoms with van der Waals surface area (Å²) in [5, 5.41) is 39.9. The lowest BCUT2D eigenvalue weighted by Crippen LogP contribution is -2.82. The highest BCUT2D eigenvalue weighted by Gasteiger charge is 2.78. The molecule has 3 aliphatic carbocycles. The molecule has 1 aliphatic heterocycles. The highest BCUT2D eigenvalue weighted by atomic mass is 16.6. The number of carbonyl (C=O) groups excluding carboxylic acids is 6. The topological polar surface area (TPSA) is 238 Å². The number of hydrogen-bond acceptors (Lipinski definition) is 15. The summed E-state index contributed by atoms with van der Waals surface area (Å²) >= 11 is 0. The molecule has 3 fully saturated rings. The number of aliphatic hydroxyl groups is 3.